The highest BCUT2D eigenvalue weighted by Gasteiger charge is 2.22. The lowest BCUT2D eigenvalue weighted by Gasteiger charge is -2.16. The van der Waals surface area contributed by atoms with Crippen molar-refractivity contribution in [3.63, 3.8) is 0 Å². The van der Waals surface area contributed by atoms with Crippen LogP contribution in [0.25, 0.3) is 32.7 Å². The zero-order valence-corrected chi connectivity index (χ0v) is 13.5. The molecule has 0 heterocycles. The van der Waals surface area contributed by atoms with Crippen LogP contribution < -0.4 is 0 Å². The minimum Gasteiger partial charge on any atom is -0.0619 e. The molecule has 0 aliphatic heterocycles. The Morgan fingerprint density at radius 1 is 0.609 bits per heavy atom. The molecular weight excluding hydrogens is 276 g/mol. The van der Waals surface area contributed by atoms with Gasteiger partial charge in [-0.15, -0.1) is 0 Å². The molecule has 0 radical (unpaired) electrons. The van der Waals surface area contributed by atoms with E-state index in [2.05, 4.69) is 74.5 Å². The van der Waals surface area contributed by atoms with E-state index in [4.69, 9.17) is 0 Å². The van der Waals surface area contributed by atoms with Crippen LogP contribution in [-0.4, -0.2) is 0 Å². The Morgan fingerprint density at radius 3 is 2.13 bits per heavy atom. The number of hydrogen-bond donors (Lipinski definition) is 0. The van der Waals surface area contributed by atoms with Crippen LogP contribution in [-0.2, 0) is 6.42 Å². The number of benzene rings is 4. The molecule has 0 bridgehead atoms. The Bertz CT molecular complexity index is 1100. The van der Waals surface area contributed by atoms with Crippen LogP contribution in [0.5, 0.6) is 0 Å². The van der Waals surface area contributed by atoms with Crippen molar-refractivity contribution in [1.82, 2.24) is 0 Å². The Labute approximate surface area is 136 Å². The highest BCUT2D eigenvalue weighted by atomic mass is 14.3. The molecule has 0 amide bonds. The summed E-state index contributed by atoms with van der Waals surface area (Å²) in [4.78, 5) is 0. The van der Waals surface area contributed by atoms with Crippen LogP contribution in [0.1, 0.15) is 22.3 Å². The van der Waals surface area contributed by atoms with Gasteiger partial charge in [0.1, 0.15) is 0 Å². The van der Waals surface area contributed by atoms with E-state index in [-0.39, 0.29) is 0 Å². The van der Waals surface area contributed by atoms with Gasteiger partial charge in [-0.3, -0.25) is 0 Å². The van der Waals surface area contributed by atoms with Gasteiger partial charge in [0.2, 0.25) is 0 Å². The van der Waals surface area contributed by atoms with Gasteiger partial charge in [0.05, 0.1) is 0 Å². The standard InChI is InChI=1S/C23H18/c1-14-18-8-5-6-9-19(18)15(2)22-20(14)12-11-17-13-16-7-3-4-10-21(16)23(17)22/h3-12H,13H2,1-2H3. The predicted molar refractivity (Wildman–Crippen MR) is 99.2 cm³/mol. The third kappa shape index (κ3) is 1.61. The molecule has 4 aromatic rings. The summed E-state index contributed by atoms with van der Waals surface area (Å²) in [6.07, 6.45) is 1.06. The highest BCUT2D eigenvalue weighted by Crippen LogP contribution is 2.45. The van der Waals surface area contributed by atoms with Crippen LogP contribution >= 0.6 is 0 Å². The molecule has 0 spiro atoms. The van der Waals surface area contributed by atoms with Crippen molar-refractivity contribution in [3.8, 4) is 11.1 Å². The first-order valence-electron chi connectivity index (χ1n) is 8.27. The van der Waals surface area contributed by atoms with Crippen molar-refractivity contribution in [3.05, 3.63) is 82.9 Å². The van der Waals surface area contributed by atoms with E-state index in [1.807, 2.05) is 0 Å². The maximum atomic E-state index is 2.33. The number of hydrogen-bond acceptors (Lipinski definition) is 0. The Morgan fingerprint density at radius 2 is 1.30 bits per heavy atom. The second-order valence-corrected chi connectivity index (χ2v) is 6.65. The number of rotatable bonds is 0. The monoisotopic (exact) mass is 294 g/mol. The van der Waals surface area contributed by atoms with Crippen molar-refractivity contribution in [2.24, 2.45) is 0 Å². The second-order valence-electron chi connectivity index (χ2n) is 6.65. The molecule has 0 fully saturated rings. The Hall–Kier alpha value is -2.60. The summed E-state index contributed by atoms with van der Waals surface area (Å²) in [5, 5.41) is 5.61. The molecule has 0 unspecified atom stereocenters. The second kappa shape index (κ2) is 4.45. The van der Waals surface area contributed by atoms with Crippen LogP contribution in [0.2, 0.25) is 0 Å². The van der Waals surface area contributed by atoms with Crippen molar-refractivity contribution in [2.75, 3.05) is 0 Å². The summed E-state index contributed by atoms with van der Waals surface area (Å²) in [7, 11) is 0. The van der Waals surface area contributed by atoms with Gasteiger partial charge in [-0.25, -0.2) is 0 Å². The highest BCUT2D eigenvalue weighted by molar-refractivity contribution is 6.12. The fraction of sp³-hybridized carbons (Fsp3) is 0.130. The lowest BCUT2D eigenvalue weighted by Crippen LogP contribution is -1.91. The lowest BCUT2D eigenvalue weighted by molar-refractivity contribution is 1.27. The van der Waals surface area contributed by atoms with E-state index >= 15 is 0 Å². The molecule has 0 nitrogen and oxygen atoms in total. The molecule has 0 saturated heterocycles. The molecule has 0 heteroatoms. The van der Waals surface area contributed by atoms with Gasteiger partial charge in [0, 0.05) is 0 Å². The van der Waals surface area contributed by atoms with Crippen molar-refractivity contribution in [2.45, 2.75) is 20.3 Å². The first kappa shape index (κ1) is 12.9. The molecule has 1 aliphatic rings. The molecule has 23 heavy (non-hydrogen) atoms. The Kier molecular flexibility index (Phi) is 2.50. The minimum atomic E-state index is 1.06. The van der Waals surface area contributed by atoms with E-state index < -0.39 is 0 Å². The van der Waals surface area contributed by atoms with Gasteiger partial charge < -0.3 is 0 Å². The van der Waals surface area contributed by atoms with E-state index in [9.17, 15) is 0 Å². The summed E-state index contributed by atoms with van der Waals surface area (Å²) in [5.74, 6) is 0. The van der Waals surface area contributed by atoms with Crippen LogP contribution in [0.15, 0.2) is 60.7 Å². The average Bonchev–Trinajstić information content (AvgIpc) is 2.98. The van der Waals surface area contributed by atoms with Crippen LogP contribution in [0, 0.1) is 13.8 Å². The molecule has 0 atom stereocenters. The van der Waals surface area contributed by atoms with Gasteiger partial charge in [-0.1, -0.05) is 60.7 Å². The van der Waals surface area contributed by atoms with Crippen molar-refractivity contribution < 1.29 is 0 Å². The average molecular weight is 294 g/mol. The van der Waals surface area contributed by atoms with E-state index in [1.165, 1.54) is 54.9 Å². The summed E-state index contributed by atoms with van der Waals surface area (Å²) in [6, 6.07) is 22.3. The summed E-state index contributed by atoms with van der Waals surface area (Å²) in [5.41, 5.74) is 8.62. The molecular formula is C23H18. The quantitative estimate of drug-likeness (QED) is 0.299. The van der Waals surface area contributed by atoms with Gasteiger partial charge in [-0.05, 0) is 75.2 Å². The smallest absolute Gasteiger partial charge is 0.00132 e. The maximum absolute atomic E-state index is 2.33. The zero-order chi connectivity index (χ0) is 15.6. The lowest BCUT2D eigenvalue weighted by atomic mass is 9.88. The summed E-state index contributed by atoms with van der Waals surface area (Å²) >= 11 is 0. The summed E-state index contributed by atoms with van der Waals surface area (Å²) in [6.45, 7) is 4.54. The fourth-order valence-electron chi connectivity index (χ4n) is 4.34. The topological polar surface area (TPSA) is 0 Å². The van der Waals surface area contributed by atoms with E-state index in [1.54, 1.807) is 0 Å². The van der Waals surface area contributed by atoms with Gasteiger partial charge in [-0.2, -0.15) is 0 Å². The minimum absolute atomic E-state index is 1.06. The molecule has 0 aromatic heterocycles. The van der Waals surface area contributed by atoms with Crippen molar-refractivity contribution >= 4 is 21.5 Å². The summed E-state index contributed by atoms with van der Waals surface area (Å²) < 4.78 is 0. The molecule has 1 aliphatic carbocycles. The molecule has 5 rings (SSSR count). The Balaban J connectivity index is 2.04. The first-order chi connectivity index (χ1) is 11.3. The molecule has 0 saturated carbocycles. The molecule has 4 aromatic carbocycles. The number of aryl methyl sites for hydroxylation is 2. The van der Waals surface area contributed by atoms with Crippen LogP contribution in [0.3, 0.4) is 0 Å². The number of fused-ring (bicyclic) bond motifs is 6. The van der Waals surface area contributed by atoms with E-state index in [0.29, 0.717) is 0 Å². The molecule has 110 valence electrons. The normalized spacial score (nSPS) is 12.6. The largest absolute Gasteiger partial charge is 0.0619 e. The van der Waals surface area contributed by atoms with Crippen LogP contribution in [0.4, 0.5) is 0 Å². The third-order valence-electron chi connectivity index (χ3n) is 5.47. The molecule has 0 N–H and O–H groups in total. The third-order valence-corrected chi connectivity index (χ3v) is 5.47. The predicted octanol–water partition coefficient (Wildman–Crippen LogP) is 6.18. The first-order valence-corrected chi connectivity index (χ1v) is 8.27. The van der Waals surface area contributed by atoms with Gasteiger partial charge >= 0.3 is 0 Å². The fourth-order valence-corrected chi connectivity index (χ4v) is 4.34. The maximum Gasteiger partial charge on any atom is -0.00132 e. The van der Waals surface area contributed by atoms with Gasteiger partial charge in [0.25, 0.3) is 0 Å². The van der Waals surface area contributed by atoms with Gasteiger partial charge in [0.15, 0.2) is 0 Å². The van der Waals surface area contributed by atoms with Crippen molar-refractivity contribution in [1.29, 1.82) is 0 Å². The SMILES string of the molecule is Cc1c2ccccc2c(C)c2c3c(ccc12)Cc1ccccc1-3. The van der Waals surface area contributed by atoms with E-state index in [0.717, 1.165) is 6.42 Å². The zero-order valence-electron chi connectivity index (χ0n) is 13.5.